The lowest BCUT2D eigenvalue weighted by atomic mass is 10.0. The second kappa shape index (κ2) is 10.3. The minimum Gasteiger partial charge on any atom is -0.488 e. The van der Waals surface area contributed by atoms with Gasteiger partial charge in [0.15, 0.2) is 0 Å². The molecule has 33 heavy (non-hydrogen) atoms. The lowest BCUT2D eigenvalue weighted by molar-refractivity contribution is -0.117. The summed E-state index contributed by atoms with van der Waals surface area (Å²) in [5.41, 5.74) is 2.75. The van der Waals surface area contributed by atoms with Gasteiger partial charge in [-0.25, -0.2) is 0 Å². The van der Waals surface area contributed by atoms with Crippen LogP contribution in [0.5, 0.6) is 5.75 Å². The molecule has 4 aromatic carbocycles. The van der Waals surface area contributed by atoms with E-state index in [1.807, 2.05) is 104 Å². The van der Waals surface area contributed by atoms with Gasteiger partial charge >= 0.3 is 0 Å². The Kier molecular flexibility index (Phi) is 6.82. The molecule has 4 heteroatoms. The highest BCUT2D eigenvalue weighted by Gasteiger charge is 2.16. The molecule has 0 heterocycles. The van der Waals surface area contributed by atoms with E-state index < -0.39 is 5.91 Å². The second-order valence-electron chi connectivity index (χ2n) is 7.75. The van der Waals surface area contributed by atoms with Crippen molar-refractivity contribution in [1.82, 2.24) is 5.32 Å². The molecule has 0 bridgehead atoms. The van der Waals surface area contributed by atoms with Gasteiger partial charge in [0, 0.05) is 5.56 Å². The fourth-order valence-corrected chi connectivity index (χ4v) is 3.68. The lowest BCUT2D eigenvalue weighted by Crippen LogP contribution is -2.27. The van der Waals surface area contributed by atoms with Gasteiger partial charge in [0.25, 0.3) is 5.91 Å². The normalized spacial score (nSPS) is 12.1. The standard InChI is InChI=1S/C29H24N2O2/c1-21(23-12-6-3-7-13-23)31-29(32)25(19-30)18-27-26-15-9-8-14-24(26)16-17-28(27)33-20-22-10-4-2-5-11-22/h2-18,21H,20H2,1H3,(H,31,32)/b25-18+/t21-/m0/s1. The smallest absolute Gasteiger partial charge is 0.262 e. The van der Waals surface area contributed by atoms with Gasteiger partial charge in [-0.3, -0.25) is 4.79 Å². The quantitative estimate of drug-likeness (QED) is 0.279. The van der Waals surface area contributed by atoms with E-state index in [1.54, 1.807) is 6.08 Å². The van der Waals surface area contributed by atoms with Crippen molar-refractivity contribution in [3.8, 4) is 11.8 Å². The molecule has 0 saturated carbocycles. The van der Waals surface area contributed by atoms with Crippen LogP contribution in [0, 0.1) is 11.3 Å². The summed E-state index contributed by atoms with van der Waals surface area (Å²) >= 11 is 0. The van der Waals surface area contributed by atoms with E-state index in [0.717, 1.165) is 21.9 Å². The Morgan fingerprint density at radius 2 is 1.61 bits per heavy atom. The molecular weight excluding hydrogens is 408 g/mol. The zero-order chi connectivity index (χ0) is 23.0. The first kappa shape index (κ1) is 21.9. The van der Waals surface area contributed by atoms with Crippen molar-refractivity contribution >= 4 is 22.8 Å². The zero-order valence-corrected chi connectivity index (χ0v) is 18.4. The Labute approximate surface area is 193 Å². The average Bonchev–Trinajstić information content (AvgIpc) is 2.87. The molecule has 0 radical (unpaired) electrons. The Balaban J connectivity index is 1.66. The van der Waals surface area contributed by atoms with Crippen molar-refractivity contribution in [3.63, 3.8) is 0 Å². The molecule has 4 nitrogen and oxygen atoms in total. The van der Waals surface area contributed by atoms with Gasteiger partial charge in [-0.1, -0.05) is 91.0 Å². The van der Waals surface area contributed by atoms with E-state index in [0.29, 0.717) is 17.9 Å². The second-order valence-corrected chi connectivity index (χ2v) is 7.75. The lowest BCUT2D eigenvalue weighted by Gasteiger charge is -2.15. The summed E-state index contributed by atoms with van der Waals surface area (Å²) in [4.78, 5) is 12.9. The van der Waals surface area contributed by atoms with Crippen LogP contribution in [0.25, 0.3) is 16.8 Å². The van der Waals surface area contributed by atoms with Gasteiger partial charge in [0.05, 0.1) is 6.04 Å². The Morgan fingerprint density at radius 1 is 0.939 bits per heavy atom. The molecule has 0 fully saturated rings. The Morgan fingerprint density at radius 3 is 2.33 bits per heavy atom. The summed E-state index contributed by atoms with van der Waals surface area (Å²) in [6.45, 7) is 2.29. The third kappa shape index (κ3) is 5.28. The minimum absolute atomic E-state index is 0.0266. The van der Waals surface area contributed by atoms with Gasteiger partial charge in [0.1, 0.15) is 24.0 Å². The zero-order valence-electron chi connectivity index (χ0n) is 18.4. The SMILES string of the molecule is C[C@H](NC(=O)/C(C#N)=C/c1c(OCc2ccccc2)ccc2ccccc12)c1ccccc1. The molecule has 4 rings (SSSR count). The van der Waals surface area contributed by atoms with Crippen molar-refractivity contribution in [2.24, 2.45) is 0 Å². The van der Waals surface area contributed by atoms with E-state index in [4.69, 9.17) is 4.74 Å². The Bertz CT molecular complexity index is 1320. The number of carbonyl (C=O) groups excluding carboxylic acids is 1. The fourth-order valence-electron chi connectivity index (χ4n) is 3.68. The molecule has 0 unspecified atom stereocenters. The first-order valence-corrected chi connectivity index (χ1v) is 10.8. The van der Waals surface area contributed by atoms with Gasteiger partial charge in [-0.15, -0.1) is 0 Å². The van der Waals surface area contributed by atoms with Crippen LogP contribution in [0.2, 0.25) is 0 Å². The number of fused-ring (bicyclic) bond motifs is 1. The highest BCUT2D eigenvalue weighted by molar-refractivity contribution is 6.05. The number of benzene rings is 4. The van der Waals surface area contributed by atoms with Crippen LogP contribution >= 0.6 is 0 Å². The van der Waals surface area contributed by atoms with E-state index in [1.165, 1.54) is 0 Å². The molecule has 1 atom stereocenters. The summed E-state index contributed by atoms with van der Waals surface area (Å²) in [6, 6.07) is 33.1. The van der Waals surface area contributed by atoms with Crippen molar-refractivity contribution < 1.29 is 9.53 Å². The molecule has 0 aliphatic carbocycles. The molecule has 0 saturated heterocycles. The molecule has 4 aromatic rings. The number of nitriles is 1. The van der Waals surface area contributed by atoms with E-state index in [-0.39, 0.29) is 11.6 Å². The highest BCUT2D eigenvalue weighted by Crippen LogP contribution is 2.31. The number of carbonyl (C=O) groups is 1. The molecule has 0 aromatic heterocycles. The van der Waals surface area contributed by atoms with E-state index in [2.05, 4.69) is 11.4 Å². The largest absolute Gasteiger partial charge is 0.488 e. The van der Waals surface area contributed by atoms with Crippen molar-refractivity contribution in [2.45, 2.75) is 19.6 Å². The van der Waals surface area contributed by atoms with Gasteiger partial charge in [-0.05, 0) is 41.0 Å². The molecule has 0 spiro atoms. The number of rotatable bonds is 7. The van der Waals surface area contributed by atoms with Crippen molar-refractivity contribution in [2.75, 3.05) is 0 Å². The van der Waals surface area contributed by atoms with Gasteiger partial charge in [-0.2, -0.15) is 5.26 Å². The number of nitrogens with zero attached hydrogens (tertiary/aromatic N) is 1. The van der Waals surface area contributed by atoms with Crippen LogP contribution in [0.1, 0.15) is 29.7 Å². The number of hydrogen-bond acceptors (Lipinski definition) is 3. The number of ether oxygens (including phenoxy) is 1. The number of hydrogen-bond donors (Lipinski definition) is 1. The maximum atomic E-state index is 12.9. The maximum Gasteiger partial charge on any atom is 0.262 e. The van der Waals surface area contributed by atoms with Crippen molar-refractivity contribution in [3.05, 3.63) is 119 Å². The first-order chi connectivity index (χ1) is 16.2. The van der Waals surface area contributed by atoms with Gasteiger partial charge in [0.2, 0.25) is 0 Å². The molecule has 0 aliphatic heterocycles. The van der Waals surface area contributed by atoms with Crippen LogP contribution < -0.4 is 10.1 Å². The highest BCUT2D eigenvalue weighted by atomic mass is 16.5. The summed E-state index contributed by atoms with van der Waals surface area (Å²) in [5.74, 6) is 0.199. The van der Waals surface area contributed by atoms with Crippen LogP contribution in [0.4, 0.5) is 0 Å². The summed E-state index contributed by atoms with van der Waals surface area (Å²) in [6.07, 6.45) is 1.62. The maximum absolute atomic E-state index is 12.9. The fraction of sp³-hybridized carbons (Fsp3) is 0.103. The summed E-state index contributed by atoms with van der Waals surface area (Å²) < 4.78 is 6.12. The Hall–Kier alpha value is -4.36. The van der Waals surface area contributed by atoms with Crippen molar-refractivity contribution in [1.29, 1.82) is 5.26 Å². The molecule has 1 amide bonds. The third-order valence-electron chi connectivity index (χ3n) is 5.47. The first-order valence-electron chi connectivity index (χ1n) is 10.8. The van der Waals surface area contributed by atoms with Crippen LogP contribution in [-0.2, 0) is 11.4 Å². The van der Waals surface area contributed by atoms with Crippen LogP contribution in [0.15, 0.2) is 103 Å². The van der Waals surface area contributed by atoms with Gasteiger partial charge < -0.3 is 10.1 Å². The summed E-state index contributed by atoms with van der Waals surface area (Å²) in [5, 5.41) is 14.6. The third-order valence-corrected chi connectivity index (χ3v) is 5.47. The number of amides is 1. The van der Waals surface area contributed by atoms with E-state index >= 15 is 0 Å². The van der Waals surface area contributed by atoms with Crippen LogP contribution in [0.3, 0.4) is 0 Å². The molecule has 0 aliphatic rings. The molecule has 1 N–H and O–H groups in total. The molecular formula is C29H24N2O2. The monoisotopic (exact) mass is 432 g/mol. The number of nitrogens with one attached hydrogen (secondary N) is 1. The van der Waals surface area contributed by atoms with Crippen LogP contribution in [-0.4, -0.2) is 5.91 Å². The topological polar surface area (TPSA) is 62.1 Å². The summed E-state index contributed by atoms with van der Waals surface area (Å²) in [7, 11) is 0. The minimum atomic E-state index is -0.421. The average molecular weight is 433 g/mol. The van der Waals surface area contributed by atoms with E-state index in [9.17, 15) is 10.1 Å². The predicted molar refractivity (Wildman–Crippen MR) is 131 cm³/mol. The predicted octanol–water partition coefficient (Wildman–Crippen LogP) is 6.20. The molecule has 162 valence electrons.